The maximum Gasteiger partial charge on any atom is 0.341 e. The van der Waals surface area contributed by atoms with E-state index in [0.717, 1.165) is 16.6 Å². The van der Waals surface area contributed by atoms with E-state index in [9.17, 15) is 9.90 Å². The Balaban J connectivity index is 1.75. The van der Waals surface area contributed by atoms with Crippen molar-refractivity contribution in [3.05, 3.63) is 78.4 Å². The summed E-state index contributed by atoms with van der Waals surface area (Å²) in [4.78, 5) is 22.8. The fraction of sp³-hybridized carbons (Fsp3) is 0.240. The van der Waals surface area contributed by atoms with Crippen LogP contribution in [-0.2, 0) is 9.53 Å². The topological polar surface area (TPSA) is 98.4 Å². The van der Waals surface area contributed by atoms with Gasteiger partial charge in [-0.2, -0.15) is 4.98 Å². The van der Waals surface area contributed by atoms with Gasteiger partial charge in [0.1, 0.15) is 11.9 Å². The molecule has 0 bridgehead atoms. The number of carboxylic acids is 1. The maximum absolute atomic E-state index is 11.3. The second-order valence-corrected chi connectivity index (χ2v) is 7.83. The van der Waals surface area contributed by atoms with Crippen LogP contribution < -0.4 is 9.47 Å². The second-order valence-electron chi connectivity index (χ2n) is 7.83. The predicted molar refractivity (Wildman–Crippen MR) is 126 cm³/mol. The number of amidine groups is 1. The highest BCUT2D eigenvalue weighted by Crippen LogP contribution is 2.41. The molecule has 2 aromatic carbocycles. The van der Waals surface area contributed by atoms with Crippen molar-refractivity contribution < 1.29 is 24.1 Å². The lowest BCUT2D eigenvalue weighted by atomic mass is 10.0. The van der Waals surface area contributed by atoms with Crippen molar-refractivity contribution in [2.75, 3.05) is 20.8 Å². The van der Waals surface area contributed by atoms with E-state index >= 15 is 0 Å². The van der Waals surface area contributed by atoms with Crippen LogP contribution in [0.25, 0.3) is 11.0 Å². The molecule has 0 fully saturated rings. The summed E-state index contributed by atoms with van der Waals surface area (Å²) >= 11 is 0. The first-order valence-electron chi connectivity index (χ1n) is 10.8. The largest absolute Gasteiger partial charge is 0.481 e. The number of allylic oxidation sites excluding steroid dienone is 2. The number of para-hydroxylation sites is 3. The number of hydrogen-bond acceptors (Lipinski definition) is 7. The van der Waals surface area contributed by atoms with Crippen molar-refractivity contribution in [3.8, 4) is 11.8 Å². The summed E-state index contributed by atoms with van der Waals surface area (Å²) in [5, 5.41) is 9.23. The number of aromatic nitrogens is 2. The van der Waals surface area contributed by atoms with Gasteiger partial charge in [-0.3, -0.25) is 9.47 Å². The number of aliphatic carboxylic acids is 1. The number of carbonyl (C=O) groups is 1. The van der Waals surface area contributed by atoms with Crippen LogP contribution in [0.2, 0.25) is 0 Å². The fourth-order valence-electron chi connectivity index (χ4n) is 4.49. The third-order valence-corrected chi connectivity index (χ3v) is 5.86. The molecule has 2 aliphatic rings. The molecule has 0 spiro atoms. The lowest BCUT2D eigenvalue weighted by Crippen LogP contribution is -2.44. The van der Waals surface area contributed by atoms with Gasteiger partial charge in [0.25, 0.3) is 12.0 Å². The molecule has 9 heteroatoms. The average Bonchev–Trinajstić information content (AvgIpc) is 3.42. The van der Waals surface area contributed by atoms with Crippen molar-refractivity contribution in [3.63, 3.8) is 0 Å². The van der Waals surface area contributed by atoms with Crippen LogP contribution >= 0.6 is 0 Å². The van der Waals surface area contributed by atoms with Gasteiger partial charge < -0.3 is 19.3 Å². The fourth-order valence-corrected chi connectivity index (χ4v) is 4.49. The Morgan fingerprint density at radius 1 is 1.06 bits per heavy atom. The molecule has 9 nitrogen and oxygen atoms in total. The van der Waals surface area contributed by atoms with Crippen LogP contribution in [0.1, 0.15) is 11.7 Å². The normalized spacial score (nSPS) is 19.6. The molecule has 3 atom stereocenters. The van der Waals surface area contributed by atoms with Gasteiger partial charge in [0, 0.05) is 5.56 Å². The summed E-state index contributed by atoms with van der Waals surface area (Å²) in [6.45, 7) is -0.467. The zero-order valence-corrected chi connectivity index (χ0v) is 18.7. The van der Waals surface area contributed by atoms with Crippen LogP contribution in [0.4, 0.5) is 0 Å². The number of ether oxygens (including phenoxy) is 3. The van der Waals surface area contributed by atoms with Crippen LogP contribution in [0.15, 0.2) is 77.8 Å². The van der Waals surface area contributed by atoms with E-state index in [1.165, 1.54) is 0 Å². The molecule has 3 aromatic rings. The van der Waals surface area contributed by atoms with Crippen molar-refractivity contribution in [2.45, 2.75) is 18.2 Å². The van der Waals surface area contributed by atoms with Crippen molar-refractivity contribution in [1.82, 2.24) is 14.5 Å². The van der Waals surface area contributed by atoms with Gasteiger partial charge in [0.2, 0.25) is 0 Å². The summed E-state index contributed by atoms with van der Waals surface area (Å²) in [6, 6.07) is 15.7. The molecular weight excluding hydrogens is 436 g/mol. The lowest BCUT2D eigenvalue weighted by molar-refractivity contribution is -0.139. The highest BCUT2D eigenvalue weighted by Gasteiger charge is 2.43. The number of benzene rings is 2. The molecule has 0 radical (unpaired) electrons. The average molecular weight is 460 g/mol. The number of rotatable bonds is 7. The summed E-state index contributed by atoms with van der Waals surface area (Å²) in [6.07, 6.45) is 7.48. The van der Waals surface area contributed by atoms with E-state index in [-0.39, 0.29) is 12.1 Å². The number of fused-ring (bicyclic) bond motifs is 2. The first-order valence-corrected chi connectivity index (χ1v) is 10.8. The molecule has 3 unspecified atom stereocenters. The molecule has 5 rings (SSSR count). The summed E-state index contributed by atoms with van der Waals surface area (Å²) in [7, 11) is 3.16. The van der Waals surface area contributed by atoms with Gasteiger partial charge in [-0.15, -0.1) is 0 Å². The molecule has 0 saturated carbocycles. The third kappa shape index (κ3) is 3.64. The zero-order valence-electron chi connectivity index (χ0n) is 18.7. The van der Waals surface area contributed by atoms with Gasteiger partial charge in [-0.1, -0.05) is 54.6 Å². The lowest BCUT2D eigenvalue weighted by Gasteiger charge is -2.37. The van der Waals surface area contributed by atoms with Crippen molar-refractivity contribution >= 4 is 23.0 Å². The summed E-state index contributed by atoms with van der Waals surface area (Å²) in [5.41, 5.74) is 2.32. The second kappa shape index (κ2) is 8.93. The van der Waals surface area contributed by atoms with Crippen LogP contribution in [0.5, 0.6) is 11.8 Å². The zero-order chi connectivity index (χ0) is 23.7. The number of carboxylic acid groups (broad SMARTS) is 1. The molecule has 174 valence electrons. The predicted octanol–water partition coefficient (Wildman–Crippen LogP) is 3.24. The molecular formula is C25H24N4O5. The SMILES string of the molecule is COC1=NC2C=CC=CC2N1C(c1ccccc1OCC(=O)O)n1c(OC)nc2ccccc21. The van der Waals surface area contributed by atoms with Crippen LogP contribution in [0, 0.1) is 0 Å². The molecule has 1 N–H and O–H groups in total. The standard InChI is InChI=1S/C25H24N4O5/c1-32-24-26-17-10-4-6-12-19(17)28(24)23(16-9-3-8-14-21(16)34-15-22(30)31)29-20-13-7-5-11-18(20)27-25(29)33-2/h3-14,17,19,23H,15H2,1-2H3,(H,30,31). The minimum absolute atomic E-state index is 0.129. The highest BCUT2D eigenvalue weighted by atomic mass is 16.5. The van der Waals surface area contributed by atoms with E-state index in [0.29, 0.717) is 17.8 Å². The highest BCUT2D eigenvalue weighted by molar-refractivity contribution is 5.81. The minimum Gasteiger partial charge on any atom is -0.481 e. The molecule has 1 aromatic heterocycles. The molecule has 34 heavy (non-hydrogen) atoms. The monoisotopic (exact) mass is 460 g/mol. The van der Waals surface area contributed by atoms with Gasteiger partial charge in [-0.25, -0.2) is 9.79 Å². The molecule has 0 amide bonds. The third-order valence-electron chi connectivity index (χ3n) is 5.86. The first-order chi connectivity index (χ1) is 16.6. The van der Waals surface area contributed by atoms with E-state index in [1.54, 1.807) is 20.3 Å². The van der Waals surface area contributed by atoms with Crippen molar-refractivity contribution in [1.29, 1.82) is 0 Å². The Labute approximate surface area is 196 Å². The smallest absolute Gasteiger partial charge is 0.341 e. The Hall–Kier alpha value is -4.27. The van der Waals surface area contributed by atoms with Gasteiger partial charge in [-0.05, 0) is 18.2 Å². The first kappa shape index (κ1) is 21.6. The number of aliphatic imine (C=N–C) groups is 1. The molecule has 1 aliphatic heterocycles. The summed E-state index contributed by atoms with van der Waals surface area (Å²) in [5.74, 6) is -0.623. The van der Waals surface area contributed by atoms with Crippen molar-refractivity contribution in [2.24, 2.45) is 4.99 Å². The number of hydrogen-bond donors (Lipinski definition) is 1. The van der Waals surface area contributed by atoms with E-state index in [1.807, 2.05) is 70.2 Å². The van der Waals surface area contributed by atoms with Gasteiger partial charge in [0.05, 0.1) is 37.3 Å². The van der Waals surface area contributed by atoms with Crippen LogP contribution in [-0.4, -0.2) is 64.5 Å². The Morgan fingerprint density at radius 2 is 1.82 bits per heavy atom. The number of imidazole rings is 1. The van der Waals surface area contributed by atoms with Gasteiger partial charge in [0.15, 0.2) is 6.61 Å². The Kier molecular flexibility index (Phi) is 5.67. The van der Waals surface area contributed by atoms with E-state index in [2.05, 4.69) is 11.1 Å². The summed E-state index contributed by atoms with van der Waals surface area (Å²) < 4.78 is 19.1. The van der Waals surface area contributed by atoms with E-state index in [4.69, 9.17) is 19.2 Å². The number of methoxy groups -OCH3 is 2. The van der Waals surface area contributed by atoms with Crippen LogP contribution in [0.3, 0.4) is 0 Å². The Bertz CT molecular complexity index is 1310. The minimum atomic E-state index is -1.06. The molecule has 0 saturated heterocycles. The molecule has 2 heterocycles. The van der Waals surface area contributed by atoms with Gasteiger partial charge >= 0.3 is 5.97 Å². The maximum atomic E-state index is 11.3. The number of nitrogens with zero attached hydrogens (tertiary/aromatic N) is 4. The van der Waals surface area contributed by atoms with E-state index < -0.39 is 18.7 Å². The Morgan fingerprint density at radius 3 is 2.62 bits per heavy atom. The quantitative estimate of drug-likeness (QED) is 0.578. The molecule has 1 aliphatic carbocycles.